The van der Waals surface area contributed by atoms with Crippen LogP contribution in [0.5, 0.6) is 0 Å². The molecule has 4 N–H and O–H groups in total. The van der Waals surface area contributed by atoms with E-state index in [0.29, 0.717) is 11.3 Å². The zero-order valence-electron chi connectivity index (χ0n) is 10.0. The summed E-state index contributed by atoms with van der Waals surface area (Å²) in [5.41, 5.74) is 6.80. The van der Waals surface area contributed by atoms with Crippen LogP contribution >= 0.6 is 15.9 Å². The Labute approximate surface area is 115 Å². The first-order chi connectivity index (χ1) is 8.58. The van der Waals surface area contributed by atoms with Crippen LogP contribution in [-0.2, 0) is 0 Å². The first-order valence-corrected chi connectivity index (χ1v) is 6.91. The predicted molar refractivity (Wildman–Crippen MR) is 74.3 cm³/mol. The molecule has 0 aliphatic heterocycles. The van der Waals surface area contributed by atoms with Crippen molar-refractivity contribution < 1.29 is 9.90 Å². The molecule has 0 bridgehead atoms. The lowest BCUT2D eigenvalue weighted by atomic mass is 9.92. The standard InChI is InChI=1S/C13H17BrN2O2/c14-9-6-5-8(7-10(9)15)13(18)16-11-3-1-2-4-12(11)17/h5-7,11-12,17H,1-4,15H2,(H,16,18). The molecule has 1 saturated carbocycles. The summed E-state index contributed by atoms with van der Waals surface area (Å²) in [4.78, 5) is 12.0. The van der Waals surface area contributed by atoms with Crippen molar-refractivity contribution in [3.05, 3.63) is 28.2 Å². The maximum atomic E-state index is 12.0. The number of hydrogen-bond acceptors (Lipinski definition) is 3. The van der Waals surface area contributed by atoms with Gasteiger partial charge in [-0.1, -0.05) is 12.8 Å². The molecule has 1 aliphatic rings. The van der Waals surface area contributed by atoms with Crippen molar-refractivity contribution in [2.75, 3.05) is 5.73 Å². The smallest absolute Gasteiger partial charge is 0.251 e. The zero-order chi connectivity index (χ0) is 13.1. The van der Waals surface area contributed by atoms with Crippen LogP contribution in [0.2, 0.25) is 0 Å². The fourth-order valence-corrected chi connectivity index (χ4v) is 2.46. The number of nitrogens with two attached hydrogens (primary N) is 1. The highest BCUT2D eigenvalue weighted by Gasteiger charge is 2.24. The number of amides is 1. The number of nitrogens with one attached hydrogen (secondary N) is 1. The molecular formula is C13H17BrN2O2. The van der Waals surface area contributed by atoms with Crippen molar-refractivity contribution in [1.29, 1.82) is 0 Å². The molecular weight excluding hydrogens is 296 g/mol. The van der Waals surface area contributed by atoms with Crippen LogP contribution in [0, 0.1) is 0 Å². The van der Waals surface area contributed by atoms with Gasteiger partial charge in [0.2, 0.25) is 0 Å². The average Bonchev–Trinajstić information content (AvgIpc) is 2.35. The van der Waals surface area contributed by atoms with Crippen molar-refractivity contribution in [1.82, 2.24) is 5.32 Å². The summed E-state index contributed by atoms with van der Waals surface area (Å²) in [6, 6.07) is 4.96. The summed E-state index contributed by atoms with van der Waals surface area (Å²) in [7, 11) is 0. The number of benzene rings is 1. The van der Waals surface area contributed by atoms with Gasteiger partial charge in [0, 0.05) is 15.7 Å². The summed E-state index contributed by atoms with van der Waals surface area (Å²) in [6.45, 7) is 0. The molecule has 2 rings (SSSR count). The molecule has 0 spiro atoms. The molecule has 18 heavy (non-hydrogen) atoms. The largest absolute Gasteiger partial charge is 0.398 e. The second kappa shape index (κ2) is 5.71. The summed E-state index contributed by atoms with van der Waals surface area (Å²) in [6.07, 6.45) is 3.23. The maximum Gasteiger partial charge on any atom is 0.251 e. The Balaban J connectivity index is 2.04. The summed E-state index contributed by atoms with van der Waals surface area (Å²) < 4.78 is 0.775. The van der Waals surface area contributed by atoms with E-state index in [1.165, 1.54) is 0 Å². The van der Waals surface area contributed by atoms with Gasteiger partial charge in [-0.3, -0.25) is 4.79 Å². The minimum absolute atomic E-state index is 0.142. The van der Waals surface area contributed by atoms with Gasteiger partial charge in [-0.25, -0.2) is 0 Å². The quantitative estimate of drug-likeness (QED) is 0.732. The van der Waals surface area contributed by atoms with Crippen molar-refractivity contribution in [2.24, 2.45) is 0 Å². The molecule has 2 atom stereocenters. The number of hydrogen-bond donors (Lipinski definition) is 3. The van der Waals surface area contributed by atoms with Gasteiger partial charge in [-0.05, 0) is 47.0 Å². The van der Waals surface area contributed by atoms with Gasteiger partial charge in [0.1, 0.15) is 0 Å². The van der Waals surface area contributed by atoms with Crippen LogP contribution in [-0.4, -0.2) is 23.2 Å². The molecule has 0 saturated heterocycles. The Kier molecular flexibility index (Phi) is 4.24. The lowest BCUT2D eigenvalue weighted by Crippen LogP contribution is -2.45. The molecule has 1 fully saturated rings. The van der Waals surface area contributed by atoms with Gasteiger partial charge in [0.05, 0.1) is 12.1 Å². The Morgan fingerprint density at radius 1 is 1.39 bits per heavy atom. The molecule has 1 aliphatic carbocycles. The molecule has 1 aromatic rings. The van der Waals surface area contributed by atoms with Crippen molar-refractivity contribution in [3.8, 4) is 0 Å². The third-order valence-corrected chi connectivity index (χ3v) is 4.03. The minimum Gasteiger partial charge on any atom is -0.398 e. The van der Waals surface area contributed by atoms with E-state index in [1.807, 2.05) is 0 Å². The van der Waals surface area contributed by atoms with E-state index in [4.69, 9.17) is 5.73 Å². The second-order valence-corrected chi connectivity index (χ2v) is 5.52. The first-order valence-electron chi connectivity index (χ1n) is 6.12. The van der Waals surface area contributed by atoms with E-state index in [-0.39, 0.29) is 11.9 Å². The predicted octanol–water partition coefficient (Wildman–Crippen LogP) is 2.06. The fraction of sp³-hybridized carbons (Fsp3) is 0.462. The van der Waals surface area contributed by atoms with Crippen LogP contribution in [0.1, 0.15) is 36.0 Å². The Morgan fingerprint density at radius 3 is 2.78 bits per heavy atom. The highest BCUT2D eigenvalue weighted by atomic mass is 79.9. The lowest BCUT2D eigenvalue weighted by molar-refractivity contribution is 0.0717. The average molecular weight is 313 g/mol. The van der Waals surface area contributed by atoms with Crippen molar-refractivity contribution in [3.63, 3.8) is 0 Å². The highest BCUT2D eigenvalue weighted by Crippen LogP contribution is 2.22. The first kappa shape index (κ1) is 13.4. The molecule has 1 amide bonds. The Bertz CT molecular complexity index is 451. The van der Waals surface area contributed by atoms with Crippen molar-refractivity contribution in [2.45, 2.75) is 37.8 Å². The Morgan fingerprint density at radius 2 is 2.11 bits per heavy atom. The van der Waals surface area contributed by atoms with E-state index in [0.717, 1.165) is 30.2 Å². The molecule has 4 nitrogen and oxygen atoms in total. The third kappa shape index (κ3) is 3.03. The number of rotatable bonds is 2. The van der Waals surface area contributed by atoms with Gasteiger partial charge in [-0.15, -0.1) is 0 Å². The van der Waals surface area contributed by atoms with Gasteiger partial charge in [-0.2, -0.15) is 0 Å². The van der Waals surface area contributed by atoms with E-state index >= 15 is 0 Å². The molecule has 0 aromatic heterocycles. The normalized spacial score (nSPS) is 23.7. The van der Waals surface area contributed by atoms with E-state index in [1.54, 1.807) is 18.2 Å². The van der Waals surface area contributed by atoms with Gasteiger partial charge in [0.15, 0.2) is 0 Å². The minimum atomic E-state index is -0.435. The maximum absolute atomic E-state index is 12.0. The van der Waals surface area contributed by atoms with E-state index in [9.17, 15) is 9.90 Å². The molecule has 5 heteroatoms. The lowest BCUT2D eigenvalue weighted by Gasteiger charge is -2.28. The number of aliphatic hydroxyl groups excluding tert-OH is 1. The number of halogens is 1. The zero-order valence-corrected chi connectivity index (χ0v) is 11.6. The van der Waals surface area contributed by atoms with Crippen LogP contribution in [0.25, 0.3) is 0 Å². The summed E-state index contributed by atoms with van der Waals surface area (Å²) in [5, 5.41) is 12.7. The van der Waals surface area contributed by atoms with Gasteiger partial charge >= 0.3 is 0 Å². The van der Waals surface area contributed by atoms with Gasteiger partial charge < -0.3 is 16.2 Å². The SMILES string of the molecule is Nc1cc(C(=O)NC2CCCCC2O)ccc1Br. The molecule has 1 aromatic carbocycles. The summed E-state index contributed by atoms with van der Waals surface area (Å²) in [5.74, 6) is -0.180. The number of anilines is 1. The van der Waals surface area contributed by atoms with E-state index < -0.39 is 6.10 Å². The van der Waals surface area contributed by atoms with Gasteiger partial charge in [0.25, 0.3) is 5.91 Å². The summed E-state index contributed by atoms with van der Waals surface area (Å²) >= 11 is 3.29. The third-order valence-electron chi connectivity index (χ3n) is 3.30. The molecule has 2 unspecified atom stereocenters. The fourth-order valence-electron chi connectivity index (χ4n) is 2.22. The molecule has 0 radical (unpaired) electrons. The Hall–Kier alpha value is -1.07. The topological polar surface area (TPSA) is 75.4 Å². The second-order valence-electron chi connectivity index (χ2n) is 4.67. The monoisotopic (exact) mass is 312 g/mol. The van der Waals surface area contributed by atoms with Crippen LogP contribution in [0.3, 0.4) is 0 Å². The number of aliphatic hydroxyl groups is 1. The number of carbonyl (C=O) groups is 1. The highest BCUT2D eigenvalue weighted by molar-refractivity contribution is 9.10. The molecule has 98 valence electrons. The molecule has 0 heterocycles. The van der Waals surface area contributed by atoms with Crippen LogP contribution < -0.4 is 11.1 Å². The van der Waals surface area contributed by atoms with Crippen molar-refractivity contribution >= 4 is 27.5 Å². The number of carbonyl (C=O) groups excluding carboxylic acids is 1. The van der Waals surface area contributed by atoms with Crippen LogP contribution in [0.15, 0.2) is 22.7 Å². The van der Waals surface area contributed by atoms with Crippen LogP contribution in [0.4, 0.5) is 5.69 Å². The van der Waals surface area contributed by atoms with E-state index in [2.05, 4.69) is 21.2 Å². The number of nitrogen functional groups attached to an aromatic ring is 1.